The second-order valence-electron chi connectivity index (χ2n) is 4.33. The molecule has 1 aliphatic heterocycles. The number of hydrogen-bond acceptors (Lipinski definition) is 3. The quantitative estimate of drug-likeness (QED) is 0.672. The van der Waals surface area contributed by atoms with Gasteiger partial charge in [-0.05, 0) is 38.8 Å². The van der Waals surface area contributed by atoms with Crippen molar-refractivity contribution >= 4 is 0 Å². The molecule has 0 aromatic rings. The van der Waals surface area contributed by atoms with E-state index in [1.165, 1.54) is 12.8 Å². The van der Waals surface area contributed by atoms with Crippen LogP contribution in [0.15, 0.2) is 0 Å². The van der Waals surface area contributed by atoms with Crippen molar-refractivity contribution in [1.82, 2.24) is 4.90 Å². The molecule has 3 N–H and O–H groups in total. The first-order valence-corrected chi connectivity index (χ1v) is 5.25. The Balaban J connectivity index is 2.41. The van der Waals surface area contributed by atoms with E-state index in [1.54, 1.807) is 0 Å². The number of hydrogen-bond donors (Lipinski definition) is 2. The van der Waals surface area contributed by atoms with Gasteiger partial charge in [-0.15, -0.1) is 0 Å². The molecule has 1 saturated heterocycles. The zero-order valence-corrected chi connectivity index (χ0v) is 8.74. The van der Waals surface area contributed by atoms with Crippen LogP contribution in [0.25, 0.3) is 0 Å². The molecule has 0 radical (unpaired) electrons. The molecule has 0 amide bonds. The van der Waals surface area contributed by atoms with Crippen LogP contribution in [-0.2, 0) is 0 Å². The Morgan fingerprint density at radius 2 is 2.00 bits per heavy atom. The van der Waals surface area contributed by atoms with Gasteiger partial charge in [-0.3, -0.25) is 4.90 Å². The third-order valence-corrected chi connectivity index (χ3v) is 3.08. The van der Waals surface area contributed by atoms with E-state index < -0.39 is 0 Å². The zero-order valence-electron chi connectivity index (χ0n) is 8.74. The number of piperidine rings is 1. The largest absolute Gasteiger partial charge is 0.395 e. The molecule has 13 heavy (non-hydrogen) atoms. The van der Waals surface area contributed by atoms with Crippen LogP contribution in [0.4, 0.5) is 0 Å². The van der Waals surface area contributed by atoms with Crippen molar-refractivity contribution < 1.29 is 5.11 Å². The van der Waals surface area contributed by atoms with Crippen LogP contribution in [-0.4, -0.2) is 41.8 Å². The molecule has 0 bridgehead atoms. The molecule has 0 aromatic carbocycles. The van der Waals surface area contributed by atoms with Gasteiger partial charge in [0.25, 0.3) is 0 Å². The van der Waals surface area contributed by atoms with Crippen molar-refractivity contribution in [3.05, 3.63) is 0 Å². The third kappa shape index (κ3) is 2.93. The van der Waals surface area contributed by atoms with Crippen molar-refractivity contribution in [1.29, 1.82) is 0 Å². The molecule has 3 heteroatoms. The van der Waals surface area contributed by atoms with Crippen LogP contribution in [0.3, 0.4) is 0 Å². The summed E-state index contributed by atoms with van der Waals surface area (Å²) < 4.78 is 0. The fourth-order valence-electron chi connectivity index (χ4n) is 1.97. The van der Waals surface area contributed by atoms with Gasteiger partial charge in [-0.25, -0.2) is 0 Å². The minimum absolute atomic E-state index is 0.0680. The molecule has 0 aliphatic carbocycles. The maximum Gasteiger partial charge on any atom is 0.0601 e. The maximum absolute atomic E-state index is 9.19. The first-order valence-electron chi connectivity index (χ1n) is 5.25. The van der Waals surface area contributed by atoms with Gasteiger partial charge in [-0.2, -0.15) is 0 Å². The second-order valence-corrected chi connectivity index (χ2v) is 4.33. The molecule has 0 spiro atoms. The lowest BCUT2D eigenvalue weighted by Gasteiger charge is -2.37. The summed E-state index contributed by atoms with van der Waals surface area (Å²) in [5, 5.41) is 9.19. The molecule has 1 fully saturated rings. The van der Waals surface area contributed by atoms with Crippen LogP contribution in [0.2, 0.25) is 0 Å². The molecular weight excluding hydrogens is 164 g/mol. The Hall–Kier alpha value is -0.120. The molecule has 0 saturated carbocycles. The topological polar surface area (TPSA) is 49.5 Å². The lowest BCUT2D eigenvalue weighted by Crippen LogP contribution is -2.51. The Kier molecular flexibility index (Phi) is 4.16. The predicted octanol–water partition coefficient (Wildman–Crippen LogP) is 0.426. The molecule has 1 rings (SSSR count). The molecule has 3 nitrogen and oxygen atoms in total. The van der Waals surface area contributed by atoms with Crippen molar-refractivity contribution in [3.63, 3.8) is 0 Å². The predicted molar refractivity (Wildman–Crippen MR) is 54.5 cm³/mol. The molecule has 1 heterocycles. The van der Waals surface area contributed by atoms with Gasteiger partial charge >= 0.3 is 0 Å². The highest BCUT2D eigenvalue weighted by Crippen LogP contribution is 2.18. The summed E-state index contributed by atoms with van der Waals surface area (Å²) in [4.78, 5) is 2.32. The van der Waals surface area contributed by atoms with Gasteiger partial charge in [0.1, 0.15) is 0 Å². The average molecular weight is 186 g/mol. The summed E-state index contributed by atoms with van der Waals surface area (Å²) in [7, 11) is 0. The summed E-state index contributed by atoms with van der Waals surface area (Å²) in [5.41, 5.74) is 5.81. The number of rotatable bonds is 3. The summed E-state index contributed by atoms with van der Waals surface area (Å²) in [6.45, 7) is 6.63. The highest BCUT2D eigenvalue weighted by atomic mass is 16.3. The summed E-state index contributed by atoms with van der Waals surface area (Å²) in [6.07, 6.45) is 2.48. The van der Waals surface area contributed by atoms with Crippen molar-refractivity contribution in [2.24, 2.45) is 11.7 Å². The third-order valence-electron chi connectivity index (χ3n) is 3.08. The van der Waals surface area contributed by atoms with E-state index in [0.717, 1.165) is 19.0 Å². The first kappa shape index (κ1) is 11.0. The van der Waals surface area contributed by atoms with Gasteiger partial charge in [0.2, 0.25) is 0 Å². The average Bonchev–Trinajstić information content (AvgIpc) is 2.09. The van der Waals surface area contributed by atoms with E-state index in [2.05, 4.69) is 11.8 Å². The summed E-state index contributed by atoms with van der Waals surface area (Å²) in [6, 6.07) is 0.228. The van der Waals surface area contributed by atoms with E-state index in [9.17, 15) is 5.11 Å². The van der Waals surface area contributed by atoms with Crippen molar-refractivity contribution in [2.45, 2.75) is 38.8 Å². The lowest BCUT2D eigenvalue weighted by molar-refractivity contribution is 0.0777. The van der Waals surface area contributed by atoms with E-state index in [0.29, 0.717) is 0 Å². The van der Waals surface area contributed by atoms with Crippen LogP contribution in [0.1, 0.15) is 26.7 Å². The molecule has 1 aliphatic rings. The maximum atomic E-state index is 9.19. The van der Waals surface area contributed by atoms with Crippen molar-refractivity contribution in [3.8, 4) is 0 Å². The number of nitrogens with zero attached hydrogens (tertiary/aromatic N) is 1. The van der Waals surface area contributed by atoms with Gasteiger partial charge in [0, 0.05) is 12.1 Å². The fraction of sp³-hybridized carbons (Fsp3) is 1.00. The SMILES string of the molecule is CC1CCN(C(CO)C(C)N)CC1. The first-order chi connectivity index (χ1) is 6.15. The van der Waals surface area contributed by atoms with Crippen LogP contribution < -0.4 is 5.73 Å². The van der Waals surface area contributed by atoms with Crippen molar-refractivity contribution in [2.75, 3.05) is 19.7 Å². The number of aliphatic hydroxyl groups is 1. The van der Waals surface area contributed by atoms with E-state index in [-0.39, 0.29) is 18.7 Å². The Morgan fingerprint density at radius 1 is 1.46 bits per heavy atom. The highest BCUT2D eigenvalue weighted by molar-refractivity contribution is 4.81. The lowest BCUT2D eigenvalue weighted by atomic mass is 9.97. The van der Waals surface area contributed by atoms with Gasteiger partial charge < -0.3 is 10.8 Å². The highest BCUT2D eigenvalue weighted by Gasteiger charge is 2.24. The van der Waals surface area contributed by atoms with Gasteiger partial charge in [-0.1, -0.05) is 6.92 Å². The zero-order chi connectivity index (χ0) is 9.84. The Bertz CT molecular complexity index is 142. The fourth-order valence-corrected chi connectivity index (χ4v) is 1.97. The second kappa shape index (κ2) is 4.94. The molecular formula is C10H22N2O. The molecule has 2 atom stereocenters. The minimum atomic E-state index is 0.0680. The Labute approximate surface area is 80.9 Å². The van der Waals surface area contributed by atoms with E-state index >= 15 is 0 Å². The normalized spacial score (nSPS) is 25.8. The van der Waals surface area contributed by atoms with E-state index in [4.69, 9.17) is 5.73 Å². The van der Waals surface area contributed by atoms with E-state index in [1.807, 2.05) is 6.92 Å². The van der Waals surface area contributed by atoms with Crippen LogP contribution in [0.5, 0.6) is 0 Å². The monoisotopic (exact) mass is 186 g/mol. The Morgan fingerprint density at radius 3 is 2.38 bits per heavy atom. The summed E-state index contributed by atoms with van der Waals surface area (Å²) in [5.74, 6) is 0.837. The minimum Gasteiger partial charge on any atom is -0.395 e. The molecule has 2 unspecified atom stereocenters. The van der Waals surface area contributed by atoms with Gasteiger partial charge in [0.05, 0.1) is 6.61 Å². The van der Waals surface area contributed by atoms with Crippen LogP contribution >= 0.6 is 0 Å². The molecule has 0 aromatic heterocycles. The van der Waals surface area contributed by atoms with Crippen LogP contribution in [0, 0.1) is 5.92 Å². The van der Waals surface area contributed by atoms with Gasteiger partial charge in [0.15, 0.2) is 0 Å². The number of aliphatic hydroxyl groups excluding tert-OH is 1. The number of likely N-dealkylation sites (tertiary alicyclic amines) is 1. The standard InChI is InChI=1S/C10H22N2O/c1-8-3-5-12(6-4-8)10(7-13)9(2)11/h8-10,13H,3-7,11H2,1-2H3. The smallest absolute Gasteiger partial charge is 0.0601 e. The summed E-state index contributed by atoms with van der Waals surface area (Å²) >= 11 is 0. The molecule has 78 valence electrons. The number of nitrogens with two attached hydrogens (primary N) is 1.